The van der Waals surface area contributed by atoms with Gasteiger partial charge in [-0.2, -0.15) is 10.2 Å². The Morgan fingerprint density at radius 3 is 2.83 bits per heavy atom. The first-order valence-corrected chi connectivity index (χ1v) is 11.4. The van der Waals surface area contributed by atoms with Crippen LogP contribution in [0.15, 0.2) is 54.9 Å². The summed E-state index contributed by atoms with van der Waals surface area (Å²) in [5.74, 6) is -1.30. The molecule has 0 radical (unpaired) electrons. The Hall–Kier alpha value is -4.22. The number of aromatic amines is 1. The summed E-state index contributed by atoms with van der Waals surface area (Å²) < 4.78 is 35.8. The molecule has 1 saturated heterocycles. The van der Waals surface area contributed by atoms with Crippen LogP contribution in [0, 0.1) is 11.6 Å². The molecule has 0 unspecified atom stereocenters. The van der Waals surface area contributed by atoms with Crippen molar-refractivity contribution in [3.05, 3.63) is 77.6 Å². The first-order valence-electron chi connectivity index (χ1n) is 11.4. The minimum Gasteiger partial charge on any atom is -0.379 e. The van der Waals surface area contributed by atoms with Gasteiger partial charge in [-0.1, -0.05) is 18.2 Å². The summed E-state index contributed by atoms with van der Waals surface area (Å²) in [5.41, 5.74) is 2.39. The molecule has 2 N–H and O–H groups in total. The number of aromatic nitrogens is 5. The first-order chi connectivity index (χ1) is 17.6. The highest BCUT2D eigenvalue weighted by Gasteiger charge is 2.20. The van der Waals surface area contributed by atoms with E-state index in [1.807, 2.05) is 12.1 Å². The molecule has 0 atom stereocenters. The second-order valence-electron chi connectivity index (χ2n) is 8.52. The van der Waals surface area contributed by atoms with Crippen molar-refractivity contribution in [2.45, 2.75) is 6.54 Å². The van der Waals surface area contributed by atoms with Crippen molar-refractivity contribution in [3.63, 3.8) is 0 Å². The van der Waals surface area contributed by atoms with Crippen LogP contribution in [0.4, 0.5) is 14.6 Å². The number of ether oxygens (including phenoxy) is 1. The maximum Gasteiger partial charge on any atom is 0.257 e. The third-order valence-corrected chi connectivity index (χ3v) is 6.24. The number of rotatable bonds is 5. The summed E-state index contributed by atoms with van der Waals surface area (Å²) in [4.78, 5) is 19.7. The lowest BCUT2D eigenvalue weighted by Crippen LogP contribution is -2.36. The fourth-order valence-electron chi connectivity index (χ4n) is 4.40. The van der Waals surface area contributed by atoms with E-state index in [0.717, 1.165) is 18.7 Å². The highest BCUT2D eigenvalue weighted by Crippen LogP contribution is 2.30. The number of anilines is 1. The van der Waals surface area contributed by atoms with Gasteiger partial charge in [-0.05, 0) is 23.8 Å². The smallest absolute Gasteiger partial charge is 0.257 e. The Labute approximate surface area is 203 Å². The number of carbonyl (C=O) groups is 1. The van der Waals surface area contributed by atoms with E-state index < -0.39 is 11.6 Å². The largest absolute Gasteiger partial charge is 0.379 e. The zero-order chi connectivity index (χ0) is 24.6. The van der Waals surface area contributed by atoms with Crippen molar-refractivity contribution in [3.8, 4) is 11.3 Å². The zero-order valence-corrected chi connectivity index (χ0v) is 19.0. The van der Waals surface area contributed by atoms with Gasteiger partial charge in [0.2, 0.25) is 0 Å². The highest BCUT2D eigenvalue weighted by atomic mass is 19.1. The van der Waals surface area contributed by atoms with E-state index in [9.17, 15) is 9.18 Å². The molecule has 5 heterocycles. The summed E-state index contributed by atoms with van der Waals surface area (Å²) in [6.45, 7) is 3.55. The summed E-state index contributed by atoms with van der Waals surface area (Å²) in [6.07, 6.45) is 2.88. The molecule has 36 heavy (non-hydrogen) atoms. The molecular formula is C25H21F2N7O2. The molecule has 0 spiro atoms. The number of morpholine rings is 1. The number of hydrogen-bond acceptors (Lipinski definition) is 6. The van der Waals surface area contributed by atoms with Gasteiger partial charge in [-0.3, -0.25) is 14.8 Å². The van der Waals surface area contributed by atoms with Gasteiger partial charge in [0.15, 0.2) is 17.3 Å². The van der Waals surface area contributed by atoms with Crippen molar-refractivity contribution in [1.29, 1.82) is 0 Å². The summed E-state index contributed by atoms with van der Waals surface area (Å²) >= 11 is 0. The van der Waals surface area contributed by atoms with Crippen molar-refractivity contribution in [2.75, 3.05) is 31.6 Å². The van der Waals surface area contributed by atoms with Gasteiger partial charge < -0.3 is 10.1 Å². The molecule has 1 aliphatic heterocycles. The first kappa shape index (κ1) is 22.3. The van der Waals surface area contributed by atoms with Crippen molar-refractivity contribution < 1.29 is 18.3 Å². The molecule has 9 nitrogen and oxygen atoms in total. The van der Waals surface area contributed by atoms with E-state index in [4.69, 9.17) is 4.74 Å². The molecule has 1 amide bonds. The van der Waals surface area contributed by atoms with Crippen LogP contribution >= 0.6 is 0 Å². The molecule has 182 valence electrons. The number of benzene rings is 1. The van der Waals surface area contributed by atoms with E-state index in [-0.39, 0.29) is 23.1 Å². The third kappa shape index (κ3) is 4.08. The number of nitrogens with zero attached hydrogens (tertiary/aromatic N) is 5. The molecule has 0 bridgehead atoms. The zero-order valence-electron chi connectivity index (χ0n) is 19.0. The fourth-order valence-corrected chi connectivity index (χ4v) is 4.40. The third-order valence-electron chi connectivity index (χ3n) is 6.24. The number of hydrogen-bond donors (Lipinski definition) is 2. The Kier molecular flexibility index (Phi) is 5.62. The number of amides is 1. The van der Waals surface area contributed by atoms with Gasteiger partial charge in [0.05, 0.1) is 30.3 Å². The molecule has 5 aromatic rings. The maximum absolute atomic E-state index is 15.2. The average molecular weight is 489 g/mol. The molecule has 6 rings (SSSR count). The Morgan fingerprint density at radius 2 is 1.97 bits per heavy atom. The van der Waals surface area contributed by atoms with Crippen LogP contribution in [-0.2, 0) is 11.3 Å². The fraction of sp³-hybridized carbons (Fsp3) is 0.200. The molecule has 1 fully saturated rings. The van der Waals surface area contributed by atoms with Gasteiger partial charge in [0, 0.05) is 43.0 Å². The summed E-state index contributed by atoms with van der Waals surface area (Å²) in [6, 6.07) is 11.1. The number of fused-ring (bicyclic) bond motifs is 2. The van der Waals surface area contributed by atoms with Gasteiger partial charge >= 0.3 is 0 Å². The Morgan fingerprint density at radius 1 is 1.14 bits per heavy atom. The number of carbonyl (C=O) groups excluding carboxylic acids is 1. The SMILES string of the molecule is O=C(Nc1n[nH]c2nc(-c3cnn4ccc(F)cc34)c(F)cc12)c1ccccc1CN1CCOCC1. The van der Waals surface area contributed by atoms with Crippen LogP contribution in [0.2, 0.25) is 0 Å². The number of nitrogens with one attached hydrogen (secondary N) is 2. The minimum atomic E-state index is -0.647. The predicted molar refractivity (Wildman–Crippen MR) is 128 cm³/mol. The second kappa shape index (κ2) is 9.10. The predicted octanol–water partition coefficient (Wildman–Crippen LogP) is 3.64. The molecule has 1 aromatic carbocycles. The Balaban J connectivity index is 1.29. The number of halogens is 2. The molecule has 1 aliphatic rings. The van der Waals surface area contributed by atoms with Gasteiger partial charge in [-0.25, -0.2) is 18.3 Å². The van der Waals surface area contributed by atoms with E-state index in [1.54, 1.807) is 12.1 Å². The van der Waals surface area contributed by atoms with Crippen molar-refractivity contribution >= 4 is 28.3 Å². The number of H-pyrrole nitrogens is 1. The van der Waals surface area contributed by atoms with E-state index in [1.165, 1.54) is 35.1 Å². The maximum atomic E-state index is 15.2. The Bertz CT molecular complexity index is 1590. The average Bonchev–Trinajstić information content (AvgIpc) is 3.48. The van der Waals surface area contributed by atoms with Crippen LogP contribution < -0.4 is 5.32 Å². The lowest BCUT2D eigenvalue weighted by molar-refractivity contribution is 0.0341. The van der Waals surface area contributed by atoms with Gasteiger partial charge in [-0.15, -0.1) is 0 Å². The minimum absolute atomic E-state index is 0.000447. The lowest BCUT2D eigenvalue weighted by atomic mass is 10.1. The van der Waals surface area contributed by atoms with Crippen molar-refractivity contribution in [1.82, 2.24) is 29.7 Å². The van der Waals surface area contributed by atoms with Crippen LogP contribution in [0.3, 0.4) is 0 Å². The number of pyridine rings is 2. The topological polar surface area (TPSA) is 100 Å². The monoisotopic (exact) mass is 489 g/mol. The molecule has 11 heteroatoms. The molecular weight excluding hydrogens is 468 g/mol. The van der Waals surface area contributed by atoms with E-state index in [0.29, 0.717) is 41.8 Å². The molecule has 4 aromatic heterocycles. The van der Waals surface area contributed by atoms with Crippen molar-refractivity contribution in [2.24, 2.45) is 0 Å². The second-order valence-corrected chi connectivity index (χ2v) is 8.52. The normalized spacial score (nSPS) is 14.5. The van der Waals surface area contributed by atoms with Crippen LogP contribution in [0.5, 0.6) is 0 Å². The van der Waals surface area contributed by atoms with Crippen LogP contribution in [0.1, 0.15) is 15.9 Å². The van der Waals surface area contributed by atoms with Crippen LogP contribution in [0.25, 0.3) is 27.8 Å². The van der Waals surface area contributed by atoms with Crippen LogP contribution in [-0.4, -0.2) is 61.9 Å². The lowest BCUT2D eigenvalue weighted by Gasteiger charge is -2.27. The summed E-state index contributed by atoms with van der Waals surface area (Å²) in [7, 11) is 0. The van der Waals surface area contributed by atoms with E-state index in [2.05, 4.69) is 30.5 Å². The quantitative estimate of drug-likeness (QED) is 0.391. The van der Waals surface area contributed by atoms with Gasteiger partial charge in [0.25, 0.3) is 5.91 Å². The van der Waals surface area contributed by atoms with E-state index >= 15 is 4.39 Å². The standard InChI is InChI=1S/C25H21F2N7O2/c26-16-5-6-34-21(11-16)19(13-28-34)22-20(27)12-18-23(29-22)31-32-24(18)30-25(35)17-4-2-1-3-15(17)14-33-7-9-36-10-8-33/h1-6,11-13H,7-10,14H2,(H2,29,30,31,32,35). The molecule has 0 saturated carbocycles. The highest BCUT2D eigenvalue weighted by molar-refractivity contribution is 6.08. The molecule has 0 aliphatic carbocycles. The summed E-state index contributed by atoms with van der Waals surface area (Å²) in [5, 5.41) is 14.1. The van der Waals surface area contributed by atoms with Gasteiger partial charge in [0.1, 0.15) is 11.5 Å².